The molecule has 1 aliphatic carbocycles. The Balaban J connectivity index is 1.39. The second kappa shape index (κ2) is 9.11. The fraction of sp³-hybridized carbons (Fsp3) is 0.308. The number of benzene rings is 1. The van der Waals surface area contributed by atoms with E-state index in [0.717, 1.165) is 64.9 Å². The molecule has 7 heteroatoms. The Labute approximate surface area is 192 Å². The predicted octanol–water partition coefficient (Wildman–Crippen LogP) is 4.67. The summed E-state index contributed by atoms with van der Waals surface area (Å²) in [4.78, 5) is 29.5. The Hall–Kier alpha value is -3.58. The van der Waals surface area contributed by atoms with Gasteiger partial charge in [-0.1, -0.05) is 18.6 Å². The molecule has 3 heterocycles. The summed E-state index contributed by atoms with van der Waals surface area (Å²) in [6.45, 7) is 2.37. The van der Waals surface area contributed by atoms with Crippen LogP contribution in [0.3, 0.4) is 0 Å². The first-order chi connectivity index (χ1) is 16.1. The summed E-state index contributed by atoms with van der Waals surface area (Å²) in [5.74, 6) is -0.00981. The van der Waals surface area contributed by atoms with Crippen LogP contribution in [0.25, 0.3) is 33.5 Å². The van der Waals surface area contributed by atoms with Gasteiger partial charge in [-0.2, -0.15) is 0 Å². The van der Waals surface area contributed by atoms with Gasteiger partial charge in [0.1, 0.15) is 0 Å². The molecular formula is C26H27N5O2. The maximum Gasteiger partial charge on any atom is 0.339 e. The highest BCUT2D eigenvalue weighted by molar-refractivity contribution is 5.95. The van der Waals surface area contributed by atoms with Crippen LogP contribution in [0.5, 0.6) is 0 Å². The van der Waals surface area contributed by atoms with E-state index in [2.05, 4.69) is 19.9 Å². The number of hydrogen-bond donors (Lipinski definition) is 2. The van der Waals surface area contributed by atoms with E-state index in [1.54, 1.807) is 12.5 Å². The third kappa shape index (κ3) is 4.64. The molecule has 3 N–H and O–H groups in total. The molecule has 4 aromatic rings. The van der Waals surface area contributed by atoms with Crippen LogP contribution in [0, 0.1) is 12.8 Å². The number of fused-ring (bicyclic) bond motifs is 1. The van der Waals surface area contributed by atoms with E-state index >= 15 is 0 Å². The normalized spacial score (nSPS) is 18.4. The number of hydrogen-bond acceptors (Lipinski definition) is 6. The highest BCUT2D eigenvalue weighted by atomic mass is 16.5. The number of nitrogens with zero attached hydrogens (tertiary/aromatic N) is 3. The molecule has 0 saturated heterocycles. The quantitative estimate of drug-likeness (QED) is 0.436. The van der Waals surface area contributed by atoms with Gasteiger partial charge in [0.05, 0.1) is 41.1 Å². The first-order valence-electron chi connectivity index (χ1n) is 11.4. The number of nitrogens with two attached hydrogens (primary N) is 1. The maximum absolute atomic E-state index is 12.7. The molecule has 0 radical (unpaired) electrons. The largest absolute Gasteiger partial charge is 0.462 e. The van der Waals surface area contributed by atoms with Crippen LogP contribution in [0.1, 0.15) is 41.7 Å². The fourth-order valence-corrected chi connectivity index (χ4v) is 4.54. The average molecular weight is 442 g/mol. The van der Waals surface area contributed by atoms with Crippen LogP contribution >= 0.6 is 0 Å². The molecule has 0 unspecified atom stereocenters. The second-order valence-corrected chi connectivity index (χ2v) is 8.81. The summed E-state index contributed by atoms with van der Waals surface area (Å²) in [6.07, 6.45) is 7.36. The van der Waals surface area contributed by atoms with Crippen molar-refractivity contribution in [3.8, 4) is 22.6 Å². The van der Waals surface area contributed by atoms with E-state index in [1.807, 2.05) is 49.4 Å². The maximum atomic E-state index is 12.7. The third-order valence-electron chi connectivity index (χ3n) is 6.25. The van der Waals surface area contributed by atoms with Gasteiger partial charge < -0.3 is 15.5 Å². The van der Waals surface area contributed by atoms with Crippen LogP contribution in [0.2, 0.25) is 0 Å². The number of aryl methyl sites for hydroxylation is 1. The summed E-state index contributed by atoms with van der Waals surface area (Å²) in [6, 6.07) is 13.9. The van der Waals surface area contributed by atoms with Gasteiger partial charge in [0.15, 0.2) is 0 Å². The lowest BCUT2D eigenvalue weighted by molar-refractivity contribution is 0.0402. The van der Waals surface area contributed by atoms with Crippen molar-refractivity contribution >= 4 is 16.9 Å². The Morgan fingerprint density at radius 1 is 1.18 bits per heavy atom. The van der Waals surface area contributed by atoms with Crippen molar-refractivity contribution in [1.29, 1.82) is 0 Å². The molecular weight excluding hydrogens is 414 g/mol. The molecule has 0 aliphatic heterocycles. The number of nitrogens with one attached hydrogen (secondary N) is 1. The van der Waals surface area contributed by atoms with E-state index in [9.17, 15) is 4.79 Å². The van der Waals surface area contributed by atoms with Crippen molar-refractivity contribution in [3.05, 3.63) is 66.2 Å². The monoisotopic (exact) mass is 441 g/mol. The minimum absolute atomic E-state index is 0.213. The van der Waals surface area contributed by atoms with Gasteiger partial charge in [0.25, 0.3) is 0 Å². The van der Waals surface area contributed by atoms with Crippen LogP contribution in [0.15, 0.2) is 55.0 Å². The smallest absolute Gasteiger partial charge is 0.339 e. The lowest BCUT2D eigenvalue weighted by Crippen LogP contribution is -2.30. The van der Waals surface area contributed by atoms with Crippen molar-refractivity contribution in [2.24, 2.45) is 11.7 Å². The Morgan fingerprint density at radius 2 is 2.09 bits per heavy atom. The zero-order valence-electron chi connectivity index (χ0n) is 18.6. The topological polar surface area (TPSA) is 107 Å². The van der Waals surface area contributed by atoms with Gasteiger partial charge in [-0.3, -0.25) is 9.97 Å². The number of esters is 1. The summed E-state index contributed by atoms with van der Waals surface area (Å²) in [5, 5.41) is 0.854. The number of carbonyl (C=O) groups excluding carboxylic acids is 1. The van der Waals surface area contributed by atoms with E-state index in [0.29, 0.717) is 18.1 Å². The van der Waals surface area contributed by atoms with Gasteiger partial charge in [-0.15, -0.1) is 0 Å². The lowest BCUT2D eigenvalue weighted by Gasteiger charge is -2.26. The van der Waals surface area contributed by atoms with Gasteiger partial charge in [-0.05, 0) is 62.4 Å². The zero-order chi connectivity index (χ0) is 22.8. The number of rotatable bonds is 5. The van der Waals surface area contributed by atoms with E-state index in [4.69, 9.17) is 10.5 Å². The summed E-state index contributed by atoms with van der Waals surface area (Å²) in [5.41, 5.74) is 11.7. The van der Waals surface area contributed by atoms with Crippen LogP contribution in [0.4, 0.5) is 0 Å². The van der Waals surface area contributed by atoms with Gasteiger partial charge >= 0.3 is 5.97 Å². The van der Waals surface area contributed by atoms with Crippen molar-refractivity contribution < 1.29 is 9.53 Å². The number of imidazole rings is 1. The third-order valence-corrected chi connectivity index (χ3v) is 6.25. The van der Waals surface area contributed by atoms with E-state index in [1.165, 1.54) is 0 Å². The molecule has 7 nitrogen and oxygen atoms in total. The van der Waals surface area contributed by atoms with Gasteiger partial charge in [0, 0.05) is 28.9 Å². The molecule has 0 bridgehead atoms. The molecule has 0 amide bonds. The SMILES string of the molecule is Cc1cccc(-c2[nH]cnc2-c2ccc3ncc(C(=O)OC[C@@H]4CCC[C@H](N)C4)cc3c2)n1. The van der Waals surface area contributed by atoms with Crippen molar-refractivity contribution in [2.75, 3.05) is 6.61 Å². The predicted molar refractivity (Wildman–Crippen MR) is 128 cm³/mol. The summed E-state index contributed by atoms with van der Waals surface area (Å²) in [7, 11) is 0. The highest BCUT2D eigenvalue weighted by Gasteiger charge is 2.21. The second-order valence-electron chi connectivity index (χ2n) is 8.81. The molecule has 1 aliphatic rings. The van der Waals surface area contributed by atoms with Crippen LogP contribution in [-0.2, 0) is 4.74 Å². The molecule has 0 spiro atoms. The van der Waals surface area contributed by atoms with Crippen LogP contribution in [-0.4, -0.2) is 38.6 Å². The molecule has 168 valence electrons. The number of H-pyrrole nitrogens is 1. The van der Waals surface area contributed by atoms with Crippen LogP contribution < -0.4 is 5.73 Å². The molecule has 33 heavy (non-hydrogen) atoms. The first-order valence-corrected chi connectivity index (χ1v) is 11.4. The number of pyridine rings is 2. The number of ether oxygens (including phenoxy) is 1. The minimum atomic E-state index is -0.349. The minimum Gasteiger partial charge on any atom is -0.462 e. The Morgan fingerprint density at radius 3 is 2.94 bits per heavy atom. The van der Waals surface area contributed by atoms with Crippen molar-refractivity contribution in [2.45, 2.75) is 38.6 Å². The average Bonchev–Trinajstić information content (AvgIpc) is 3.32. The standard InChI is InChI=1S/C26H27N5O2/c1-16-4-2-7-23(31-16)25-24(29-15-30-25)18-8-9-22-19(11-18)12-20(13-28-22)26(32)33-14-17-5-3-6-21(27)10-17/h2,4,7-9,11-13,15,17,21H,3,5-6,10,14,27H2,1H3,(H,29,30)/t17-,21+/m1/s1. The van der Waals surface area contributed by atoms with Gasteiger partial charge in [0.2, 0.25) is 0 Å². The first kappa shape index (κ1) is 21.3. The molecule has 3 aromatic heterocycles. The Bertz CT molecular complexity index is 1300. The zero-order valence-corrected chi connectivity index (χ0v) is 18.6. The molecule has 1 fully saturated rings. The van der Waals surface area contributed by atoms with E-state index < -0.39 is 0 Å². The number of aromatic nitrogens is 4. The molecule has 2 atom stereocenters. The molecule has 1 saturated carbocycles. The molecule has 1 aromatic carbocycles. The van der Waals surface area contributed by atoms with Crippen molar-refractivity contribution in [3.63, 3.8) is 0 Å². The Kier molecular flexibility index (Phi) is 5.88. The van der Waals surface area contributed by atoms with E-state index in [-0.39, 0.29) is 12.0 Å². The lowest BCUT2D eigenvalue weighted by atomic mass is 9.87. The van der Waals surface area contributed by atoms with Gasteiger partial charge in [-0.25, -0.2) is 9.78 Å². The molecule has 5 rings (SSSR count). The summed E-state index contributed by atoms with van der Waals surface area (Å²) >= 11 is 0. The number of carbonyl (C=O) groups is 1. The highest BCUT2D eigenvalue weighted by Crippen LogP contribution is 2.30. The number of aromatic amines is 1. The van der Waals surface area contributed by atoms with Crippen molar-refractivity contribution in [1.82, 2.24) is 19.9 Å². The summed E-state index contributed by atoms with van der Waals surface area (Å²) < 4.78 is 5.60. The fourth-order valence-electron chi connectivity index (χ4n) is 4.54.